The zero-order valence-electron chi connectivity index (χ0n) is 19.5. The molecule has 4 aromatic rings. The van der Waals surface area contributed by atoms with E-state index in [1.807, 2.05) is 47.4 Å². The molecule has 0 aliphatic carbocycles. The predicted octanol–water partition coefficient (Wildman–Crippen LogP) is 3.85. The number of rotatable bonds is 7. The van der Waals surface area contributed by atoms with E-state index in [0.717, 1.165) is 41.4 Å². The Morgan fingerprint density at radius 3 is 2.56 bits per heavy atom. The molecule has 0 saturated carbocycles. The summed E-state index contributed by atoms with van der Waals surface area (Å²) >= 11 is 1.52. The normalized spacial score (nSPS) is 14.7. The van der Waals surface area contributed by atoms with Gasteiger partial charge in [0.15, 0.2) is 5.16 Å². The molecule has 5 rings (SSSR count). The van der Waals surface area contributed by atoms with E-state index < -0.39 is 0 Å². The Morgan fingerprint density at radius 1 is 1.03 bits per heavy atom. The number of nitrogens with zero attached hydrogens (tertiary/aromatic N) is 6. The number of fused-ring (bicyclic) bond motifs is 1. The maximum atomic E-state index is 12.8. The number of imidazole rings is 1. The number of aryl methyl sites for hydroxylation is 2. The van der Waals surface area contributed by atoms with Crippen LogP contribution in [0.5, 0.6) is 0 Å². The van der Waals surface area contributed by atoms with Crippen LogP contribution in [0.4, 0.5) is 0 Å². The number of hydrogen-bond acceptors (Lipinski definition) is 7. The molecule has 2 aromatic heterocycles. The van der Waals surface area contributed by atoms with Crippen molar-refractivity contribution in [2.24, 2.45) is 0 Å². The van der Waals surface area contributed by atoms with Gasteiger partial charge in [-0.1, -0.05) is 58.9 Å². The first kappa shape index (κ1) is 22.6. The molecule has 34 heavy (non-hydrogen) atoms. The molecule has 0 N–H and O–H groups in total. The van der Waals surface area contributed by atoms with Crippen LogP contribution in [-0.4, -0.2) is 67.3 Å². The first-order chi connectivity index (χ1) is 16.6. The van der Waals surface area contributed by atoms with Crippen molar-refractivity contribution >= 4 is 28.7 Å². The fraction of sp³-hybridized carbons (Fsp3) is 0.360. The van der Waals surface area contributed by atoms with Crippen LogP contribution in [0, 0.1) is 6.92 Å². The van der Waals surface area contributed by atoms with Gasteiger partial charge in [-0.05, 0) is 26.0 Å². The third kappa shape index (κ3) is 4.85. The smallest absolute Gasteiger partial charge is 0.241 e. The highest BCUT2D eigenvalue weighted by Gasteiger charge is 2.23. The van der Waals surface area contributed by atoms with Crippen LogP contribution in [0.2, 0.25) is 0 Å². The van der Waals surface area contributed by atoms with E-state index in [-0.39, 0.29) is 5.91 Å². The lowest BCUT2D eigenvalue weighted by atomic mass is 10.1. The van der Waals surface area contributed by atoms with Gasteiger partial charge in [-0.3, -0.25) is 9.69 Å². The molecule has 2 aromatic carbocycles. The summed E-state index contributed by atoms with van der Waals surface area (Å²) in [5, 5.41) is 5.02. The number of benzene rings is 2. The van der Waals surface area contributed by atoms with E-state index in [0.29, 0.717) is 37.1 Å². The number of para-hydroxylation sites is 2. The Balaban J connectivity index is 1.12. The summed E-state index contributed by atoms with van der Waals surface area (Å²) in [6.45, 7) is 8.54. The Kier molecular flexibility index (Phi) is 6.64. The van der Waals surface area contributed by atoms with E-state index in [4.69, 9.17) is 9.51 Å². The van der Waals surface area contributed by atoms with Gasteiger partial charge in [-0.2, -0.15) is 4.98 Å². The fourth-order valence-corrected chi connectivity index (χ4v) is 5.15. The van der Waals surface area contributed by atoms with Gasteiger partial charge in [0.25, 0.3) is 0 Å². The Morgan fingerprint density at radius 2 is 1.79 bits per heavy atom. The minimum absolute atomic E-state index is 0.152. The highest BCUT2D eigenvalue weighted by atomic mass is 32.2. The van der Waals surface area contributed by atoms with Crippen molar-refractivity contribution in [2.75, 3.05) is 31.9 Å². The van der Waals surface area contributed by atoms with E-state index >= 15 is 0 Å². The molecule has 176 valence electrons. The third-order valence-electron chi connectivity index (χ3n) is 6.12. The van der Waals surface area contributed by atoms with Gasteiger partial charge in [-0.25, -0.2) is 4.98 Å². The van der Waals surface area contributed by atoms with Gasteiger partial charge in [0, 0.05) is 38.3 Å². The Hall–Kier alpha value is -3.17. The maximum absolute atomic E-state index is 12.8. The summed E-state index contributed by atoms with van der Waals surface area (Å²) in [4.78, 5) is 26.3. The van der Waals surface area contributed by atoms with Gasteiger partial charge in [-0.15, -0.1) is 0 Å². The SMILES string of the molecule is CCn1c(SCC(=O)N2CCN(Cc3nc(-c4ccc(C)cc4)no3)CC2)nc2ccccc21. The van der Waals surface area contributed by atoms with Crippen molar-refractivity contribution in [3.63, 3.8) is 0 Å². The summed E-state index contributed by atoms with van der Waals surface area (Å²) in [6, 6.07) is 16.2. The molecule has 1 aliphatic heterocycles. The topological polar surface area (TPSA) is 80.3 Å². The summed E-state index contributed by atoms with van der Waals surface area (Å²) < 4.78 is 7.63. The van der Waals surface area contributed by atoms with Crippen LogP contribution in [0.3, 0.4) is 0 Å². The van der Waals surface area contributed by atoms with Crippen LogP contribution in [0.15, 0.2) is 58.2 Å². The molecule has 0 radical (unpaired) electrons. The summed E-state index contributed by atoms with van der Waals surface area (Å²) in [5.41, 5.74) is 4.23. The number of hydrogen-bond donors (Lipinski definition) is 0. The second-order valence-electron chi connectivity index (χ2n) is 8.45. The molecule has 9 heteroatoms. The quantitative estimate of drug-likeness (QED) is 0.375. The predicted molar refractivity (Wildman–Crippen MR) is 132 cm³/mol. The molecule has 1 fully saturated rings. The van der Waals surface area contributed by atoms with Crippen molar-refractivity contribution in [1.29, 1.82) is 0 Å². The molecule has 0 unspecified atom stereocenters. The number of amides is 1. The highest BCUT2D eigenvalue weighted by Crippen LogP contribution is 2.24. The molecule has 1 saturated heterocycles. The number of carbonyl (C=O) groups excluding carboxylic acids is 1. The van der Waals surface area contributed by atoms with Crippen molar-refractivity contribution in [1.82, 2.24) is 29.5 Å². The van der Waals surface area contributed by atoms with E-state index in [2.05, 4.69) is 39.5 Å². The van der Waals surface area contributed by atoms with Crippen LogP contribution in [0.1, 0.15) is 18.4 Å². The monoisotopic (exact) mass is 476 g/mol. The third-order valence-corrected chi connectivity index (χ3v) is 7.08. The van der Waals surface area contributed by atoms with E-state index in [9.17, 15) is 4.79 Å². The van der Waals surface area contributed by atoms with Gasteiger partial charge >= 0.3 is 0 Å². The lowest BCUT2D eigenvalue weighted by molar-refractivity contribution is -0.130. The summed E-state index contributed by atoms with van der Waals surface area (Å²) in [7, 11) is 0. The van der Waals surface area contributed by atoms with Gasteiger partial charge in [0.1, 0.15) is 0 Å². The molecular formula is C25H28N6O2S. The van der Waals surface area contributed by atoms with Crippen LogP contribution < -0.4 is 0 Å². The minimum atomic E-state index is 0.152. The Bertz CT molecular complexity index is 1270. The first-order valence-electron chi connectivity index (χ1n) is 11.6. The van der Waals surface area contributed by atoms with E-state index in [1.165, 1.54) is 17.3 Å². The molecule has 8 nitrogen and oxygen atoms in total. The van der Waals surface area contributed by atoms with Crippen molar-refractivity contribution in [3.8, 4) is 11.4 Å². The van der Waals surface area contributed by atoms with Crippen LogP contribution >= 0.6 is 11.8 Å². The summed E-state index contributed by atoms with van der Waals surface area (Å²) in [6.07, 6.45) is 0. The average Bonchev–Trinajstić information content (AvgIpc) is 3.47. The molecule has 1 amide bonds. The fourth-order valence-electron chi connectivity index (χ4n) is 4.17. The lowest BCUT2D eigenvalue weighted by Gasteiger charge is -2.33. The van der Waals surface area contributed by atoms with Crippen molar-refractivity contribution in [3.05, 3.63) is 60.0 Å². The Labute approximate surface area is 202 Å². The number of aromatic nitrogens is 4. The van der Waals surface area contributed by atoms with Gasteiger partial charge in [0.05, 0.1) is 23.3 Å². The average molecular weight is 477 g/mol. The standard InChI is InChI=1S/C25H28N6O2S/c1-3-31-21-7-5-4-6-20(21)26-25(31)34-17-23(32)30-14-12-29(13-15-30)16-22-27-24(28-33-22)19-10-8-18(2)9-11-19/h4-11H,3,12-17H2,1-2H3. The molecule has 1 aliphatic rings. The van der Waals surface area contributed by atoms with Gasteiger partial charge < -0.3 is 14.0 Å². The zero-order chi connectivity index (χ0) is 23.5. The van der Waals surface area contributed by atoms with Crippen molar-refractivity contribution < 1.29 is 9.32 Å². The molecular weight excluding hydrogens is 448 g/mol. The number of piperazine rings is 1. The second kappa shape index (κ2) is 9.99. The second-order valence-corrected chi connectivity index (χ2v) is 9.39. The molecule has 0 atom stereocenters. The first-order valence-corrected chi connectivity index (χ1v) is 12.6. The zero-order valence-corrected chi connectivity index (χ0v) is 20.3. The molecule has 3 heterocycles. The van der Waals surface area contributed by atoms with Crippen molar-refractivity contribution in [2.45, 2.75) is 32.1 Å². The van der Waals surface area contributed by atoms with E-state index in [1.54, 1.807) is 0 Å². The summed E-state index contributed by atoms with van der Waals surface area (Å²) in [5.74, 6) is 1.76. The maximum Gasteiger partial charge on any atom is 0.241 e. The largest absolute Gasteiger partial charge is 0.339 e. The van der Waals surface area contributed by atoms with Gasteiger partial charge in [0.2, 0.25) is 17.6 Å². The lowest BCUT2D eigenvalue weighted by Crippen LogP contribution is -2.48. The van der Waals surface area contributed by atoms with Crippen LogP contribution in [0.25, 0.3) is 22.4 Å². The molecule has 0 bridgehead atoms. The van der Waals surface area contributed by atoms with Crippen LogP contribution in [-0.2, 0) is 17.9 Å². The number of thioether (sulfide) groups is 1. The molecule has 0 spiro atoms. The minimum Gasteiger partial charge on any atom is -0.339 e. The highest BCUT2D eigenvalue weighted by molar-refractivity contribution is 7.99. The number of carbonyl (C=O) groups is 1.